The van der Waals surface area contributed by atoms with Crippen LogP contribution in [0.5, 0.6) is 0 Å². The second kappa shape index (κ2) is 8.51. The second-order valence-corrected chi connectivity index (χ2v) is 8.69. The Morgan fingerprint density at radius 1 is 0.909 bits per heavy atom. The third-order valence-electron chi connectivity index (χ3n) is 6.34. The Balaban J connectivity index is 1.62. The number of rotatable bonds is 3. The lowest BCUT2D eigenvalue weighted by Crippen LogP contribution is -2.38. The molecule has 0 saturated carbocycles. The molecule has 0 aliphatic carbocycles. The van der Waals surface area contributed by atoms with Crippen molar-refractivity contribution in [1.29, 1.82) is 0 Å². The van der Waals surface area contributed by atoms with Crippen LogP contribution in [0.15, 0.2) is 91.1 Å². The van der Waals surface area contributed by atoms with Crippen molar-refractivity contribution in [3.05, 3.63) is 114 Å². The van der Waals surface area contributed by atoms with E-state index < -0.39 is 0 Å². The van der Waals surface area contributed by atoms with E-state index in [2.05, 4.69) is 69.5 Å². The third-order valence-corrected chi connectivity index (χ3v) is 6.34. The predicted octanol–water partition coefficient (Wildman–Crippen LogP) is 5.99. The van der Waals surface area contributed by atoms with Crippen LogP contribution in [0.3, 0.4) is 0 Å². The van der Waals surface area contributed by atoms with Gasteiger partial charge in [-0.25, -0.2) is 4.79 Å². The Morgan fingerprint density at radius 2 is 1.64 bits per heavy atom. The minimum absolute atomic E-state index is 0.115. The van der Waals surface area contributed by atoms with Crippen LogP contribution in [0.25, 0.3) is 5.69 Å². The lowest BCUT2D eigenvalue weighted by atomic mass is 10.0. The molecule has 4 aromatic rings. The first-order valence-corrected chi connectivity index (χ1v) is 11.2. The van der Waals surface area contributed by atoms with Gasteiger partial charge in [0.1, 0.15) is 0 Å². The van der Waals surface area contributed by atoms with E-state index in [4.69, 9.17) is 0 Å². The van der Waals surface area contributed by atoms with Gasteiger partial charge in [0.15, 0.2) is 0 Å². The highest BCUT2D eigenvalue weighted by molar-refractivity contribution is 5.91. The lowest BCUT2D eigenvalue weighted by Gasteiger charge is -2.31. The fourth-order valence-electron chi connectivity index (χ4n) is 4.55. The van der Waals surface area contributed by atoms with Gasteiger partial charge in [0, 0.05) is 37.4 Å². The molecule has 3 aromatic carbocycles. The van der Waals surface area contributed by atoms with Gasteiger partial charge in [-0.2, -0.15) is 0 Å². The normalized spacial score (nSPS) is 14.8. The molecule has 2 heterocycles. The van der Waals surface area contributed by atoms with E-state index in [1.807, 2.05) is 62.3 Å². The zero-order chi connectivity index (χ0) is 22.9. The Labute approximate surface area is 194 Å². The van der Waals surface area contributed by atoms with Gasteiger partial charge in [-0.3, -0.25) is 0 Å². The maximum atomic E-state index is 13.8. The molecule has 5 rings (SSSR count). The topological polar surface area (TPSA) is 40.5 Å². The summed E-state index contributed by atoms with van der Waals surface area (Å²) >= 11 is 0. The van der Waals surface area contributed by atoms with Crippen LogP contribution >= 0.6 is 0 Å². The van der Waals surface area contributed by atoms with E-state index in [1.165, 1.54) is 0 Å². The van der Waals surface area contributed by atoms with Crippen LogP contribution in [-0.2, 0) is 6.54 Å². The Hall–Kier alpha value is -3.99. The van der Waals surface area contributed by atoms with Crippen LogP contribution in [0.2, 0.25) is 0 Å². The first kappa shape index (κ1) is 20.9. The zero-order valence-corrected chi connectivity index (χ0v) is 19.2. The molecule has 0 spiro atoms. The minimum atomic E-state index is -0.229. The molecule has 1 aliphatic rings. The average molecular weight is 437 g/mol. The van der Waals surface area contributed by atoms with Gasteiger partial charge in [0.2, 0.25) is 0 Å². The number of hydrogen-bond acceptors (Lipinski definition) is 2. The maximum Gasteiger partial charge on any atom is 0.322 e. The molecule has 1 aromatic heterocycles. The molecular weight excluding hydrogens is 408 g/mol. The number of urea groups is 1. The molecule has 1 atom stereocenters. The fraction of sp³-hybridized carbons (Fsp3) is 0.179. The standard InChI is InChI=1S/C28H28N4O/c1-20-9-4-6-11-24(20)29-28(33)32-19-22-10-5-7-12-25(22)31-18-8-13-26(31)27(32)21-14-16-23(17-15-21)30(2)3/h4-18,27H,19H2,1-3H3,(H,29,33)/t27-/m0/s1. The monoisotopic (exact) mass is 436 g/mol. The molecule has 0 unspecified atom stereocenters. The van der Waals surface area contributed by atoms with Crippen LogP contribution in [0, 0.1) is 6.92 Å². The summed E-state index contributed by atoms with van der Waals surface area (Å²) in [6.45, 7) is 2.52. The van der Waals surface area contributed by atoms with Gasteiger partial charge in [-0.1, -0.05) is 48.5 Å². The molecule has 33 heavy (non-hydrogen) atoms. The van der Waals surface area contributed by atoms with E-state index in [1.54, 1.807) is 0 Å². The van der Waals surface area contributed by atoms with Crippen molar-refractivity contribution in [2.45, 2.75) is 19.5 Å². The van der Waals surface area contributed by atoms with Crippen LogP contribution < -0.4 is 10.2 Å². The number of hydrogen-bond donors (Lipinski definition) is 1. The summed E-state index contributed by atoms with van der Waals surface area (Å²) in [5.74, 6) is 0. The highest BCUT2D eigenvalue weighted by Crippen LogP contribution is 2.37. The number of carbonyl (C=O) groups is 1. The number of benzene rings is 3. The van der Waals surface area contributed by atoms with Crippen molar-refractivity contribution >= 4 is 17.4 Å². The van der Waals surface area contributed by atoms with Crippen molar-refractivity contribution in [2.75, 3.05) is 24.3 Å². The number of amides is 2. The number of fused-ring (bicyclic) bond motifs is 3. The predicted molar refractivity (Wildman–Crippen MR) is 134 cm³/mol. The van der Waals surface area contributed by atoms with E-state index in [9.17, 15) is 4.79 Å². The van der Waals surface area contributed by atoms with Crippen molar-refractivity contribution in [3.8, 4) is 5.69 Å². The van der Waals surface area contributed by atoms with Gasteiger partial charge in [-0.05, 0) is 60.0 Å². The largest absolute Gasteiger partial charge is 0.378 e. The number of nitrogens with zero attached hydrogens (tertiary/aromatic N) is 3. The number of nitrogens with one attached hydrogen (secondary N) is 1. The lowest BCUT2D eigenvalue weighted by molar-refractivity contribution is 0.194. The van der Waals surface area contributed by atoms with Gasteiger partial charge in [-0.15, -0.1) is 0 Å². The summed E-state index contributed by atoms with van der Waals surface area (Å²) in [6.07, 6.45) is 2.08. The van der Waals surface area contributed by atoms with Crippen LogP contribution in [0.4, 0.5) is 16.2 Å². The van der Waals surface area contributed by atoms with Crippen molar-refractivity contribution in [3.63, 3.8) is 0 Å². The van der Waals surface area contributed by atoms with E-state index >= 15 is 0 Å². The van der Waals surface area contributed by atoms with Crippen LogP contribution in [0.1, 0.15) is 28.4 Å². The average Bonchev–Trinajstić information content (AvgIpc) is 3.25. The van der Waals surface area contributed by atoms with Crippen molar-refractivity contribution < 1.29 is 4.79 Å². The molecular formula is C28H28N4O. The van der Waals surface area contributed by atoms with Gasteiger partial charge < -0.3 is 19.7 Å². The van der Waals surface area contributed by atoms with Gasteiger partial charge in [0.05, 0.1) is 18.3 Å². The number of aromatic nitrogens is 1. The highest BCUT2D eigenvalue weighted by atomic mass is 16.2. The molecule has 5 nitrogen and oxygen atoms in total. The molecule has 1 N–H and O–H groups in total. The number of aryl methyl sites for hydroxylation is 1. The summed E-state index contributed by atoms with van der Waals surface area (Å²) in [4.78, 5) is 17.8. The zero-order valence-electron chi connectivity index (χ0n) is 19.2. The molecule has 5 heteroatoms. The molecule has 0 radical (unpaired) electrons. The molecule has 0 saturated heterocycles. The van der Waals surface area contributed by atoms with E-state index in [-0.39, 0.29) is 12.1 Å². The Bertz CT molecular complexity index is 1290. The smallest absolute Gasteiger partial charge is 0.322 e. The highest BCUT2D eigenvalue weighted by Gasteiger charge is 2.33. The Kier molecular flexibility index (Phi) is 5.38. The molecule has 0 bridgehead atoms. The fourth-order valence-corrected chi connectivity index (χ4v) is 4.55. The van der Waals surface area contributed by atoms with E-state index in [0.29, 0.717) is 6.54 Å². The van der Waals surface area contributed by atoms with Crippen molar-refractivity contribution in [2.24, 2.45) is 0 Å². The quantitative estimate of drug-likeness (QED) is 0.429. The summed E-state index contributed by atoms with van der Waals surface area (Å²) in [5.41, 5.74) is 7.36. The SMILES string of the molecule is Cc1ccccc1NC(=O)N1Cc2ccccc2-n2cccc2[C@@H]1c1ccc(N(C)C)cc1. The Morgan fingerprint density at radius 3 is 2.39 bits per heavy atom. The van der Waals surface area contributed by atoms with Crippen molar-refractivity contribution in [1.82, 2.24) is 9.47 Å². The summed E-state index contributed by atoms with van der Waals surface area (Å²) in [7, 11) is 4.06. The first-order chi connectivity index (χ1) is 16.0. The summed E-state index contributed by atoms with van der Waals surface area (Å²) in [5, 5.41) is 3.16. The van der Waals surface area contributed by atoms with Gasteiger partial charge in [0.25, 0.3) is 0 Å². The molecule has 0 fully saturated rings. The summed E-state index contributed by atoms with van der Waals surface area (Å²) in [6, 6.07) is 28.5. The molecule has 166 valence electrons. The summed E-state index contributed by atoms with van der Waals surface area (Å²) < 4.78 is 2.21. The van der Waals surface area contributed by atoms with E-state index in [0.717, 1.165) is 39.4 Å². The van der Waals surface area contributed by atoms with Crippen LogP contribution in [-0.4, -0.2) is 29.6 Å². The first-order valence-electron chi connectivity index (χ1n) is 11.2. The third kappa shape index (κ3) is 3.87. The minimum Gasteiger partial charge on any atom is -0.378 e. The molecule has 2 amide bonds. The number of carbonyl (C=O) groups excluding carboxylic acids is 1. The molecule has 1 aliphatic heterocycles. The number of para-hydroxylation sites is 2. The van der Waals surface area contributed by atoms with Gasteiger partial charge >= 0.3 is 6.03 Å². The maximum absolute atomic E-state index is 13.8. The number of anilines is 2. The second-order valence-electron chi connectivity index (χ2n) is 8.69.